The monoisotopic (exact) mass is 291 g/mol. The SMILES string of the molecule is Nc1c(C(=O)Cl)cc(C(F)(F)F)cc1C(F)(F)F. The Bertz CT molecular complexity index is 493. The van der Waals surface area contributed by atoms with Gasteiger partial charge in [0.25, 0.3) is 5.24 Å². The minimum absolute atomic E-state index is 0.168. The Morgan fingerprint density at radius 3 is 1.89 bits per heavy atom. The number of nitrogens with two attached hydrogens (primary N) is 1. The fraction of sp³-hybridized carbons (Fsp3) is 0.222. The molecule has 18 heavy (non-hydrogen) atoms. The van der Waals surface area contributed by atoms with Gasteiger partial charge in [0, 0.05) is 0 Å². The molecule has 0 radical (unpaired) electrons. The normalized spacial score (nSPS) is 12.6. The molecule has 0 heterocycles. The van der Waals surface area contributed by atoms with Gasteiger partial charge in [0.1, 0.15) is 0 Å². The largest absolute Gasteiger partial charge is 0.418 e. The topological polar surface area (TPSA) is 43.1 Å². The second-order valence-corrected chi connectivity index (χ2v) is 3.60. The van der Waals surface area contributed by atoms with Gasteiger partial charge in [-0.2, -0.15) is 26.3 Å². The lowest BCUT2D eigenvalue weighted by atomic mass is 10.0. The van der Waals surface area contributed by atoms with Crippen molar-refractivity contribution in [1.82, 2.24) is 0 Å². The number of rotatable bonds is 1. The van der Waals surface area contributed by atoms with Gasteiger partial charge in [-0.1, -0.05) is 0 Å². The van der Waals surface area contributed by atoms with E-state index >= 15 is 0 Å². The summed E-state index contributed by atoms with van der Waals surface area (Å²) in [6, 6.07) is 0.0125. The van der Waals surface area contributed by atoms with E-state index in [9.17, 15) is 31.1 Å². The van der Waals surface area contributed by atoms with Crippen LogP contribution in [0.5, 0.6) is 0 Å². The van der Waals surface area contributed by atoms with Gasteiger partial charge in [-0.25, -0.2) is 0 Å². The lowest BCUT2D eigenvalue weighted by molar-refractivity contribution is -0.142. The third kappa shape index (κ3) is 2.87. The molecule has 0 atom stereocenters. The quantitative estimate of drug-likeness (QED) is 0.487. The first-order valence-electron chi connectivity index (χ1n) is 4.22. The molecule has 100 valence electrons. The first-order chi connectivity index (χ1) is 7.94. The van der Waals surface area contributed by atoms with E-state index in [1.165, 1.54) is 0 Å². The van der Waals surface area contributed by atoms with E-state index in [0.717, 1.165) is 0 Å². The number of halogens is 7. The summed E-state index contributed by atoms with van der Waals surface area (Å²) in [5.41, 5.74) is -0.562. The number of benzene rings is 1. The summed E-state index contributed by atoms with van der Waals surface area (Å²) in [7, 11) is 0. The third-order valence-electron chi connectivity index (χ3n) is 2.02. The Hall–Kier alpha value is -1.44. The fourth-order valence-corrected chi connectivity index (χ4v) is 1.37. The van der Waals surface area contributed by atoms with Crippen molar-refractivity contribution in [2.75, 3.05) is 5.73 Å². The molecule has 2 nitrogen and oxygen atoms in total. The molecular formula is C9H4ClF6NO. The van der Waals surface area contributed by atoms with Crippen molar-refractivity contribution in [1.29, 1.82) is 0 Å². The summed E-state index contributed by atoms with van der Waals surface area (Å²) in [4.78, 5) is 10.8. The van der Waals surface area contributed by atoms with Crippen LogP contribution >= 0.6 is 11.6 Å². The van der Waals surface area contributed by atoms with Gasteiger partial charge in [-0.3, -0.25) is 4.79 Å². The molecule has 0 fully saturated rings. The number of nitrogen functional groups attached to an aromatic ring is 1. The van der Waals surface area contributed by atoms with Crippen LogP contribution in [0.1, 0.15) is 21.5 Å². The van der Waals surface area contributed by atoms with Crippen LogP contribution in [0, 0.1) is 0 Å². The molecule has 1 aromatic carbocycles. The molecule has 0 spiro atoms. The Balaban J connectivity index is 3.63. The molecule has 0 unspecified atom stereocenters. The van der Waals surface area contributed by atoms with Crippen molar-refractivity contribution in [2.24, 2.45) is 0 Å². The number of hydrogen-bond donors (Lipinski definition) is 1. The molecule has 0 bridgehead atoms. The van der Waals surface area contributed by atoms with Crippen LogP contribution in [0.2, 0.25) is 0 Å². The van der Waals surface area contributed by atoms with Gasteiger partial charge in [0.2, 0.25) is 0 Å². The van der Waals surface area contributed by atoms with Crippen LogP contribution in [0.4, 0.5) is 32.0 Å². The van der Waals surface area contributed by atoms with E-state index in [0.29, 0.717) is 0 Å². The Morgan fingerprint density at radius 1 is 1.06 bits per heavy atom. The summed E-state index contributed by atoms with van der Waals surface area (Å²) in [5.74, 6) is 0. The highest BCUT2D eigenvalue weighted by atomic mass is 35.5. The Morgan fingerprint density at radius 2 is 1.56 bits per heavy atom. The van der Waals surface area contributed by atoms with Gasteiger partial charge in [0.15, 0.2) is 0 Å². The van der Waals surface area contributed by atoms with E-state index in [4.69, 9.17) is 17.3 Å². The molecular weight excluding hydrogens is 288 g/mol. The van der Waals surface area contributed by atoms with Gasteiger partial charge in [0.05, 0.1) is 22.4 Å². The number of carbonyl (C=O) groups excluding carboxylic acids is 1. The molecule has 0 aromatic heterocycles. The highest BCUT2D eigenvalue weighted by Gasteiger charge is 2.39. The predicted molar refractivity (Wildman–Crippen MR) is 51.0 cm³/mol. The summed E-state index contributed by atoms with van der Waals surface area (Å²) in [6.45, 7) is 0. The third-order valence-corrected chi connectivity index (χ3v) is 2.23. The van der Waals surface area contributed by atoms with Crippen molar-refractivity contribution >= 4 is 22.5 Å². The zero-order valence-electron chi connectivity index (χ0n) is 8.29. The van der Waals surface area contributed by atoms with E-state index in [2.05, 4.69) is 0 Å². The number of carbonyl (C=O) groups is 1. The van der Waals surface area contributed by atoms with Gasteiger partial charge in [-0.05, 0) is 23.7 Å². The average molecular weight is 292 g/mol. The van der Waals surface area contributed by atoms with Crippen molar-refractivity contribution in [2.45, 2.75) is 12.4 Å². The summed E-state index contributed by atoms with van der Waals surface area (Å²) < 4.78 is 74.5. The summed E-state index contributed by atoms with van der Waals surface area (Å²) >= 11 is 4.90. The molecule has 0 amide bonds. The summed E-state index contributed by atoms with van der Waals surface area (Å²) in [5, 5.41) is -1.50. The van der Waals surface area contributed by atoms with Crippen molar-refractivity contribution in [3.63, 3.8) is 0 Å². The first-order valence-corrected chi connectivity index (χ1v) is 4.60. The van der Waals surface area contributed by atoms with E-state index in [1.807, 2.05) is 0 Å². The maximum atomic E-state index is 12.5. The maximum absolute atomic E-state index is 12.5. The standard InChI is InChI=1S/C9H4ClF6NO/c10-7(18)4-1-3(8(11,12)13)2-5(6(4)17)9(14,15)16/h1-2H,17H2. The lowest BCUT2D eigenvalue weighted by Crippen LogP contribution is -2.16. The molecule has 1 aromatic rings. The zero-order chi connectivity index (χ0) is 14.3. The van der Waals surface area contributed by atoms with Crippen molar-refractivity contribution < 1.29 is 31.1 Å². The highest BCUT2D eigenvalue weighted by molar-refractivity contribution is 6.68. The van der Waals surface area contributed by atoms with Crippen LogP contribution in [-0.4, -0.2) is 5.24 Å². The first kappa shape index (κ1) is 14.6. The Kier molecular flexibility index (Phi) is 3.53. The van der Waals surface area contributed by atoms with Crippen LogP contribution in [0.25, 0.3) is 0 Å². The molecule has 0 saturated heterocycles. The van der Waals surface area contributed by atoms with Crippen LogP contribution in [0.15, 0.2) is 12.1 Å². The molecule has 0 aliphatic carbocycles. The molecule has 0 aliphatic rings. The minimum atomic E-state index is -5.12. The Labute approximate surface area is 101 Å². The van der Waals surface area contributed by atoms with Crippen molar-refractivity contribution in [3.05, 3.63) is 28.8 Å². The van der Waals surface area contributed by atoms with Crippen molar-refractivity contribution in [3.8, 4) is 0 Å². The van der Waals surface area contributed by atoms with Crippen LogP contribution in [-0.2, 0) is 12.4 Å². The predicted octanol–water partition coefficient (Wildman–Crippen LogP) is 3.69. The van der Waals surface area contributed by atoms with Crippen LogP contribution in [0.3, 0.4) is 0 Å². The van der Waals surface area contributed by atoms with E-state index in [-0.39, 0.29) is 12.1 Å². The second kappa shape index (κ2) is 4.34. The smallest absolute Gasteiger partial charge is 0.398 e. The van der Waals surface area contributed by atoms with E-state index < -0.39 is 40.0 Å². The van der Waals surface area contributed by atoms with Gasteiger partial charge >= 0.3 is 12.4 Å². The van der Waals surface area contributed by atoms with Crippen LogP contribution < -0.4 is 5.73 Å². The molecule has 9 heteroatoms. The fourth-order valence-electron chi connectivity index (χ4n) is 1.21. The summed E-state index contributed by atoms with van der Waals surface area (Å²) in [6.07, 6.45) is -10.2. The zero-order valence-corrected chi connectivity index (χ0v) is 9.04. The number of anilines is 1. The van der Waals surface area contributed by atoms with Gasteiger partial charge in [-0.15, -0.1) is 0 Å². The lowest BCUT2D eigenvalue weighted by Gasteiger charge is -2.15. The minimum Gasteiger partial charge on any atom is -0.398 e. The number of hydrogen-bond acceptors (Lipinski definition) is 2. The number of alkyl halides is 6. The molecule has 0 saturated carbocycles. The molecule has 0 aliphatic heterocycles. The average Bonchev–Trinajstić information content (AvgIpc) is 2.13. The molecule has 1 rings (SSSR count). The highest BCUT2D eigenvalue weighted by Crippen LogP contribution is 2.40. The maximum Gasteiger partial charge on any atom is 0.418 e. The van der Waals surface area contributed by atoms with E-state index in [1.54, 1.807) is 0 Å². The molecule has 2 N–H and O–H groups in total. The second-order valence-electron chi connectivity index (χ2n) is 3.25. The van der Waals surface area contributed by atoms with Gasteiger partial charge < -0.3 is 5.73 Å².